The molecule has 1 spiro atoms. The predicted octanol–water partition coefficient (Wildman–Crippen LogP) is -1.38. The number of fused-ring (bicyclic) bond motifs is 4. The molecule has 0 aromatic rings. The maximum atomic E-state index is 14.6. The molecular weight excluding hydrogens is 1100 g/mol. The Labute approximate surface area is 471 Å². The highest BCUT2D eigenvalue weighted by molar-refractivity contribution is 7.80. The monoisotopic (exact) mass is 1180 g/mol. The van der Waals surface area contributed by atoms with Gasteiger partial charge in [0.25, 0.3) is 0 Å². The predicted molar refractivity (Wildman–Crippen MR) is 272 cm³/mol. The van der Waals surface area contributed by atoms with Gasteiger partial charge >= 0.3 is 16.4 Å². The van der Waals surface area contributed by atoms with Gasteiger partial charge in [0.15, 0.2) is 25.2 Å². The van der Waals surface area contributed by atoms with E-state index in [1.54, 1.807) is 0 Å². The Morgan fingerprint density at radius 3 is 1.85 bits per heavy atom. The average molecular weight is 1180 g/mol. The molecule has 10 rings (SSSR count). The molecule has 3 saturated carbocycles. The molecule has 11 N–H and O–H groups in total. The molecule has 0 radical (unpaired) electrons. The highest BCUT2D eigenvalue weighted by Gasteiger charge is 2.80. The minimum atomic E-state index is -5.18. The van der Waals surface area contributed by atoms with Crippen molar-refractivity contribution >= 4 is 16.4 Å². The van der Waals surface area contributed by atoms with Crippen LogP contribution in [0, 0.1) is 39.4 Å². The molecule has 6 saturated heterocycles. The van der Waals surface area contributed by atoms with Gasteiger partial charge < -0.3 is 103 Å². The third-order valence-electron chi connectivity index (χ3n) is 21.2. The van der Waals surface area contributed by atoms with Crippen molar-refractivity contribution in [3.63, 3.8) is 0 Å². The normalized spacial score (nSPS) is 53.2. The number of carbonyl (C=O) groups is 1. The Balaban J connectivity index is 0.846. The van der Waals surface area contributed by atoms with Crippen molar-refractivity contribution < 1.29 is 125 Å². The molecule has 27 heteroatoms. The van der Waals surface area contributed by atoms with Crippen molar-refractivity contribution in [3.05, 3.63) is 11.6 Å². The first-order chi connectivity index (χ1) is 37.8. The van der Waals surface area contributed by atoms with Crippen LogP contribution in [-0.4, -0.2) is 243 Å². The molecule has 26 nitrogen and oxygen atoms in total. The van der Waals surface area contributed by atoms with Crippen molar-refractivity contribution in [1.82, 2.24) is 0 Å². The van der Waals surface area contributed by atoms with Crippen LogP contribution in [0.25, 0.3) is 0 Å². The zero-order valence-electron chi connectivity index (χ0n) is 47.2. The second kappa shape index (κ2) is 22.1. The fraction of sp³-hybridized carbons (Fsp3) is 0.944. The van der Waals surface area contributed by atoms with E-state index in [0.717, 1.165) is 31.3 Å². The van der Waals surface area contributed by atoms with Gasteiger partial charge in [-0.1, -0.05) is 39.3 Å². The molecule has 4 aliphatic carbocycles. The lowest BCUT2D eigenvalue weighted by molar-refractivity contribution is -0.389. The van der Waals surface area contributed by atoms with Crippen molar-refractivity contribution in [2.24, 2.45) is 39.4 Å². The topological polar surface area (TPSA) is 385 Å². The molecule has 0 amide bonds. The van der Waals surface area contributed by atoms with Gasteiger partial charge in [0.05, 0.1) is 49.8 Å². The fourth-order valence-electron chi connectivity index (χ4n) is 17.0. The van der Waals surface area contributed by atoms with E-state index in [0.29, 0.717) is 25.7 Å². The Morgan fingerprint density at radius 2 is 1.25 bits per heavy atom. The van der Waals surface area contributed by atoms with E-state index >= 15 is 0 Å². The van der Waals surface area contributed by atoms with E-state index in [1.165, 1.54) is 14.0 Å². The van der Waals surface area contributed by atoms with E-state index < -0.39 is 186 Å². The smallest absolute Gasteiger partial charge is 0.397 e. The number of rotatable bonds is 14. The van der Waals surface area contributed by atoms with Crippen molar-refractivity contribution in [2.75, 3.05) is 26.9 Å². The number of aliphatic hydroxyl groups is 10. The lowest BCUT2D eigenvalue weighted by Crippen LogP contribution is -2.67. The highest BCUT2D eigenvalue weighted by Crippen LogP contribution is 2.76. The summed E-state index contributed by atoms with van der Waals surface area (Å²) in [5.41, 5.74) is -3.05. The van der Waals surface area contributed by atoms with E-state index in [9.17, 15) is 68.8 Å². The van der Waals surface area contributed by atoms with E-state index in [2.05, 4.69) is 27.7 Å². The van der Waals surface area contributed by atoms with Crippen LogP contribution in [0.4, 0.5) is 0 Å². The zero-order chi connectivity index (χ0) is 59.1. The zero-order valence-corrected chi connectivity index (χ0v) is 48.1. The molecule has 81 heavy (non-hydrogen) atoms. The van der Waals surface area contributed by atoms with Gasteiger partial charge in [0, 0.05) is 13.0 Å². The fourth-order valence-corrected chi connectivity index (χ4v) is 17.5. The summed E-state index contributed by atoms with van der Waals surface area (Å²) in [5, 5.41) is 112. The number of cyclic esters (lactones) is 1. The number of esters is 1. The largest absolute Gasteiger partial charge is 0.456 e. The van der Waals surface area contributed by atoms with Gasteiger partial charge in [0.2, 0.25) is 0 Å². The molecule has 464 valence electrons. The molecular formula is C54H86O26S. The van der Waals surface area contributed by atoms with E-state index in [-0.39, 0.29) is 35.4 Å². The minimum absolute atomic E-state index is 0.0364. The number of allylic oxidation sites excluding steroid dienone is 1. The summed E-state index contributed by atoms with van der Waals surface area (Å²) < 4.78 is 105. The van der Waals surface area contributed by atoms with Gasteiger partial charge in [-0.3, -0.25) is 9.35 Å². The molecule has 29 atom stereocenters. The first kappa shape index (κ1) is 62.3. The molecule has 10 aliphatic rings. The van der Waals surface area contributed by atoms with E-state index in [1.807, 2.05) is 26.8 Å². The maximum Gasteiger partial charge on any atom is 0.397 e. The quantitative estimate of drug-likeness (QED) is 0.0413. The van der Waals surface area contributed by atoms with Gasteiger partial charge in [-0.25, -0.2) is 4.18 Å². The molecule has 6 aliphatic heterocycles. The Hall–Kier alpha value is -1.72. The van der Waals surface area contributed by atoms with Crippen molar-refractivity contribution in [3.8, 4) is 0 Å². The minimum Gasteiger partial charge on any atom is -0.456 e. The third kappa shape index (κ3) is 10.1. The summed E-state index contributed by atoms with van der Waals surface area (Å²) in [6, 6.07) is 0. The van der Waals surface area contributed by atoms with Crippen LogP contribution in [0.2, 0.25) is 0 Å². The summed E-state index contributed by atoms with van der Waals surface area (Å²) in [6.07, 6.45) is -26.6. The van der Waals surface area contributed by atoms with Crippen molar-refractivity contribution in [2.45, 2.75) is 253 Å². The Kier molecular flexibility index (Phi) is 17.0. The lowest BCUT2D eigenvalue weighted by atomic mass is 9.40. The number of aliphatic hydroxyl groups excluding tert-OH is 10. The molecule has 9 fully saturated rings. The summed E-state index contributed by atoms with van der Waals surface area (Å²) in [4.78, 5) is 14.6. The van der Waals surface area contributed by atoms with E-state index in [4.69, 9.17) is 56.3 Å². The first-order valence-corrected chi connectivity index (χ1v) is 29.9. The molecule has 2 unspecified atom stereocenters. The summed E-state index contributed by atoms with van der Waals surface area (Å²) in [7, 11) is -3.99. The summed E-state index contributed by atoms with van der Waals surface area (Å²) in [5.74, 6) is -0.716. The highest BCUT2D eigenvalue weighted by atomic mass is 32.3. The SMILES string of the molecule is CO[C@@H]1[C@@H](O)[C@H](O[C@@H]2[C@@H](O)[C@H](O[C@H]3[C@H](O)[C@@H](O)[C@H](O[C@H]4[C@H](O[C@H]5CC[C@]6(C)C7=C[C@H](O)C89C(=O)O[C@@](C)(C%10CCC(C)(C)O%10)[C@H]8CC[C@@]9(C)[C@@H]7CC[C@H]6C5(C)C)OC[C@@H](OS(=O)(=O)O)[C@@H]4O)O[C@@H]3C)O[C@H](CO)[C@H]2O)O[C@H](CO)[C@H]1O. The Bertz CT molecular complexity index is 2430. The summed E-state index contributed by atoms with van der Waals surface area (Å²) in [6.45, 7) is 13.8. The summed E-state index contributed by atoms with van der Waals surface area (Å²) >= 11 is 0. The van der Waals surface area contributed by atoms with Crippen LogP contribution in [0.5, 0.6) is 0 Å². The Morgan fingerprint density at radius 1 is 0.642 bits per heavy atom. The van der Waals surface area contributed by atoms with Crippen LogP contribution in [0.3, 0.4) is 0 Å². The second-order valence-corrected chi connectivity index (χ2v) is 27.4. The maximum absolute atomic E-state index is 14.6. The van der Waals surface area contributed by atoms with Gasteiger partial charge in [0.1, 0.15) is 96.5 Å². The van der Waals surface area contributed by atoms with Crippen LogP contribution in [-0.2, 0) is 71.5 Å². The number of hydrogen-bond donors (Lipinski definition) is 11. The number of carbonyl (C=O) groups excluding carboxylic acids is 1. The van der Waals surface area contributed by atoms with Crippen molar-refractivity contribution in [1.29, 1.82) is 0 Å². The molecule has 0 aromatic carbocycles. The number of ether oxygens (including phenoxy) is 11. The lowest BCUT2D eigenvalue weighted by Gasteiger charge is -2.64. The van der Waals surface area contributed by atoms with Gasteiger partial charge in [-0.2, -0.15) is 8.42 Å². The molecule has 0 bridgehead atoms. The van der Waals surface area contributed by atoms with Gasteiger partial charge in [-0.05, 0) is 107 Å². The standard InChI is InChI=1S/C54H86O26S/c1-22-40(75-46-39(64)42(34(59)26(20-56)73-46)76-45-38(63)41(69-9)33(58)25(19-55)72-45)36(61)37(62)44(71-22)77-43-35(60)27(80-81(66,67)68)21-70-47(43)74-31-14-16-51(6)24-18-30(57)54-29(53(8,79-48(54)65)32-13-15-49(2,3)78-32)12-17-52(54,7)23(24)10-11-28(51)50(31,4)5/h18,22-23,25-47,55-64H,10-17,19-21H2,1-9H3,(H,66,67,68)/t22-,23-,25-,26-,27-,28+,29-,30+,31+,32?,33-,34-,35+,36-,37-,38-,39-,40-,41+,42+,43-,44+,45+,46+,47+,51-,52+,53-,54?/m1/s1. The molecule has 0 aromatic heterocycles. The van der Waals surface area contributed by atoms with Crippen LogP contribution in [0.1, 0.15) is 107 Å². The second-order valence-electron chi connectivity index (χ2n) is 26.4. The number of methoxy groups -OCH3 is 1. The van der Waals surface area contributed by atoms with Crippen LogP contribution >= 0.6 is 0 Å². The first-order valence-electron chi connectivity index (χ1n) is 28.5. The van der Waals surface area contributed by atoms with Crippen LogP contribution in [0.15, 0.2) is 11.6 Å². The average Bonchev–Trinajstić information content (AvgIpc) is 1.63. The molecule has 6 heterocycles. The number of hydrogen-bond acceptors (Lipinski definition) is 25. The van der Waals surface area contributed by atoms with Gasteiger partial charge in [-0.15, -0.1) is 0 Å². The van der Waals surface area contributed by atoms with Crippen LogP contribution < -0.4 is 0 Å². The third-order valence-corrected chi connectivity index (χ3v) is 21.7.